The van der Waals surface area contributed by atoms with Gasteiger partial charge in [-0.1, -0.05) is 42.5 Å². The van der Waals surface area contributed by atoms with Gasteiger partial charge < -0.3 is 24.8 Å². The standard InChI is InChI=1S/C32H33N3O5/c1-3-35(17-19-39-2)30-29(32(37)38)21-26(22-33-30)24-10-7-11-25(20-24)31(36)34-27-12-14-28(15-13-27)40-18-16-23-8-5-4-6-9-23/h4-15,20-22H,3,16-19H2,1-2H3,(H,34,36)(H,37,38). The number of nitrogens with one attached hydrogen (secondary N) is 1. The number of aromatic nitrogens is 1. The van der Waals surface area contributed by atoms with Crippen molar-refractivity contribution in [3.8, 4) is 16.9 Å². The molecular weight excluding hydrogens is 506 g/mol. The maximum absolute atomic E-state index is 13.0. The highest BCUT2D eigenvalue weighted by Crippen LogP contribution is 2.27. The van der Waals surface area contributed by atoms with E-state index in [9.17, 15) is 14.7 Å². The van der Waals surface area contributed by atoms with Crippen molar-refractivity contribution >= 4 is 23.4 Å². The van der Waals surface area contributed by atoms with Crippen LogP contribution < -0.4 is 15.0 Å². The number of hydrogen-bond donors (Lipinski definition) is 2. The first-order valence-electron chi connectivity index (χ1n) is 13.1. The third-order valence-corrected chi connectivity index (χ3v) is 6.42. The summed E-state index contributed by atoms with van der Waals surface area (Å²) in [5.74, 6) is -0.233. The average molecular weight is 540 g/mol. The molecule has 0 aliphatic rings. The summed E-state index contributed by atoms with van der Waals surface area (Å²) in [7, 11) is 1.60. The molecule has 0 spiro atoms. The SMILES string of the molecule is CCN(CCOC)c1ncc(-c2cccc(C(=O)Nc3ccc(OCCc4ccccc4)cc3)c2)cc1C(=O)O. The lowest BCUT2D eigenvalue weighted by Gasteiger charge is -2.23. The van der Waals surface area contributed by atoms with Crippen LogP contribution in [0, 0.1) is 0 Å². The smallest absolute Gasteiger partial charge is 0.339 e. The summed E-state index contributed by atoms with van der Waals surface area (Å²) in [5.41, 5.74) is 3.69. The number of methoxy groups -OCH3 is 1. The predicted octanol–water partition coefficient (Wildman–Crippen LogP) is 5.79. The van der Waals surface area contributed by atoms with Gasteiger partial charge in [-0.25, -0.2) is 9.78 Å². The van der Waals surface area contributed by atoms with Gasteiger partial charge >= 0.3 is 5.97 Å². The molecule has 0 fully saturated rings. The largest absolute Gasteiger partial charge is 0.493 e. The molecule has 2 N–H and O–H groups in total. The van der Waals surface area contributed by atoms with E-state index < -0.39 is 5.97 Å². The summed E-state index contributed by atoms with van der Waals surface area (Å²) in [6.07, 6.45) is 2.44. The number of aromatic carboxylic acids is 1. The number of ether oxygens (including phenoxy) is 2. The highest BCUT2D eigenvalue weighted by Gasteiger charge is 2.18. The molecule has 0 saturated carbocycles. The lowest BCUT2D eigenvalue weighted by Crippen LogP contribution is -2.29. The van der Waals surface area contributed by atoms with Gasteiger partial charge in [-0.15, -0.1) is 0 Å². The minimum atomic E-state index is -1.07. The minimum Gasteiger partial charge on any atom is -0.493 e. The number of amides is 1. The van der Waals surface area contributed by atoms with E-state index in [0.29, 0.717) is 54.5 Å². The number of carbonyl (C=O) groups excluding carboxylic acids is 1. The van der Waals surface area contributed by atoms with E-state index in [1.54, 1.807) is 49.7 Å². The molecule has 4 aromatic rings. The van der Waals surface area contributed by atoms with Crippen molar-refractivity contribution < 1.29 is 24.2 Å². The molecule has 8 heteroatoms. The fourth-order valence-corrected chi connectivity index (χ4v) is 4.25. The van der Waals surface area contributed by atoms with Crippen LogP contribution >= 0.6 is 0 Å². The van der Waals surface area contributed by atoms with Crippen LogP contribution in [0.3, 0.4) is 0 Å². The Labute approximate surface area is 234 Å². The van der Waals surface area contributed by atoms with Crippen molar-refractivity contribution in [2.75, 3.05) is 43.6 Å². The maximum Gasteiger partial charge on any atom is 0.339 e. The highest BCUT2D eigenvalue weighted by atomic mass is 16.5. The number of benzene rings is 3. The number of nitrogens with zero attached hydrogens (tertiary/aromatic N) is 2. The fourth-order valence-electron chi connectivity index (χ4n) is 4.25. The molecule has 0 atom stereocenters. The van der Waals surface area contributed by atoms with Crippen LogP contribution in [-0.4, -0.2) is 55.4 Å². The van der Waals surface area contributed by atoms with Crippen molar-refractivity contribution in [2.24, 2.45) is 0 Å². The molecule has 0 aliphatic heterocycles. The molecule has 3 aromatic carbocycles. The topological polar surface area (TPSA) is 101 Å². The molecule has 0 saturated heterocycles. The molecule has 1 amide bonds. The van der Waals surface area contributed by atoms with Crippen molar-refractivity contribution in [1.82, 2.24) is 4.98 Å². The number of rotatable bonds is 13. The van der Waals surface area contributed by atoms with Gasteiger partial charge in [0.05, 0.1) is 13.2 Å². The number of pyridine rings is 1. The minimum absolute atomic E-state index is 0.0939. The van der Waals surface area contributed by atoms with Gasteiger partial charge in [0.25, 0.3) is 5.91 Å². The molecule has 40 heavy (non-hydrogen) atoms. The van der Waals surface area contributed by atoms with Crippen LogP contribution in [0.4, 0.5) is 11.5 Å². The van der Waals surface area contributed by atoms with Gasteiger partial charge in [0.15, 0.2) is 0 Å². The average Bonchev–Trinajstić information content (AvgIpc) is 2.99. The molecule has 8 nitrogen and oxygen atoms in total. The molecule has 0 bridgehead atoms. The van der Waals surface area contributed by atoms with Crippen LogP contribution in [0.25, 0.3) is 11.1 Å². The second kappa shape index (κ2) is 13.9. The monoisotopic (exact) mass is 539 g/mol. The van der Waals surface area contributed by atoms with Crippen molar-refractivity contribution in [3.05, 3.63) is 108 Å². The summed E-state index contributed by atoms with van der Waals surface area (Å²) < 4.78 is 11.0. The van der Waals surface area contributed by atoms with E-state index in [2.05, 4.69) is 22.4 Å². The quantitative estimate of drug-likeness (QED) is 0.222. The second-order valence-corrected chi connectivity index (χ2v) is 9.12. The van der Waals surface area contributed by atoms with Crippen molar-refractivity contribution in [1.29, 1.82) is 0 Å². The van der Waals surface area contributed by atoms with E-state index in [1.807, 2.05) is 48.2 Å². The van der Waals surface area contributed by atoms with E-state index >= 15 is 0 Å². The van der Waals surface area contributed by atoms with E-state index in [1.165, 1.54) is 5.56 Å². The fraction of sp³-hybridized carbons (Fsp3) is 0.219. The molecule has 0 radical (unpaired) electrons. The first kappa shape index (κ1) is 28.3. The Kier molecular flexibility index (Phi) is 9.85. The van der Waals surface area contributed by atoms with Crippen LogP contribution in [-0.2, 0) is 11.2 Å². The molecule has 0 aliphatic carbocycles. The molecule has 1 heterocycles. The summed E-state index contributed by atoms with van der Waals surface area (Å²) in [6.45, 7) is 4.07. The van der Waals surface area contributed by atoms with Gasteiger partial charge in [0.2, 0.25) is 0 Å². The summed E-state index contributed by atoms with van der Waals surface area (Å²) in [4.78, 5) is 31.4. The van der Waals surface area contributed by atoms with Crippen LogP contribution in [0.1, 0.15) is 33.2 Å². The Morgan fingerprint density at radius 3 is 2.40 bits per heavy atom. The summed E-state index contributed by atoms with van der Waals surface area (Å²) in [5, 5.41) is 12.8. The van der Waals surface area contributed by atoms with Gasteiger partial charge in [0, 0.05) is 49.6 Å². The zero-order valence-electron chi connectivity index (χ0n) is 22.7. The first-order valence-corrected chi connectivity index (χ1v) is 13.1. The Balaban J connectivity index is 1.43. The number of carboxylic acid groups (broad SMARTS) is 1. The number of anilines is 2. The zero-order valence-corrected chi connectivity index (χ0v) is 22.7. The number of carboxylic acids is 1. The first-order chi connectivity index (χ1) is 19.5. The summed E-state index contributed by atoms with van der Waals surface area (Å²) in [6, 6.07) is 26.0. The molecular formula is C32H33N3O5. The molecule has 206 valence electrons. The summed E-state index contributed by atoms with van der Waals surface area (Å²) >= 11 is 0. The zero-order chi connectivity index (χ0) is 28.3. The number of likely N-dealkylation sites (N-methyl/N-ethyl adjacent to an activating group) is 1. The number of hydrogen-bond acceptors (Lipinski definition) is 6. The highest BCUT2D eigenvalue weighted by molar-refractivity contribution is 6.05. The van der Waals surface area contributed by atoms with Crippen molar-refractivity contribution in [3.63, 3.8) is 0 Å². The molecule has 4 rings (SSSR count). The van der Waals surface area contributed by atoms with Gasteiger partial charge in [0.1, 0.15) is 17.1 Å². The lowest BCUT2D eigenvalue weighted by atomic mass is 10.0. The normalized spacial score (nSPS) is 10.7. The Morgan fingerprint density at radius 2 is 1.70 bits per heavy atom. The Bertz CT molecular complexity index is 1420. The van der Waals surface area contributed by atoms with Gasteiger partial charge in [-0.2, -0.15) is 0 Å². The van der Waals surface area contributed by atoms with Crippen LogP contribution in [0.5, 0.6) is 5.75 Å². The van der Waals surface area contributed by atoms with Crippen LogP contribution in [0.15, 0.2) is 91.1 Å². The third kappa shape index (κ3) is 7.45. The Hall–Kier alpha value is -4.69. The van der Waals surface area contributed by atoms with E-state index in [0.717, 1.165) is 12.2 Å². The molecule has 1 aromatic heterocycles. The van der Waals surface area contributed by atoms with E-state index in [-0.39, 0.29) is 11.5 Å². The predicted molar refractivity (Wildman–Crippen MR) is 156 cm³/mol. The second-order valence-electron chi connectivity index (χ2n) is 9.12. The lowest BCUT2D eigenvalue weighted by molar-refractivity contribution is 0.0696. The maximum atomic E-state index is 13.0. The van der Waals surface area contributed by atoms with Gasteiger partial charge in [-0.05, 0) is 60.5 Å². The third-order valence-electron chi connectivity index (χ3n) is 6.42. The number of carbonyl (C=O) groups is 2. The Morgan fingerprint density at radius 1 is 0.925 bits per heavy atom. The van der Waals surface area contributed by atoms with Crippen LogP contribution in [0.2, 0.25) is 0 Å². The van der Waals surface area contributed by atoms with E-state index in [4.69, 9.17) is 9.47 Å². The van der Waals surface area contributed by atoms with Gasteiger partial charge in [-0.3, -0.25) is 4.79 Å². The molecule has 0 unspecified atom stereocenters. The van der Waals surface area contributed by atoms with Crippen molar-refractivity contribution in [2.45, 2.75) is 13.3 Å².